The third-order valence-corrected chi connectivity index (χ3v) is 11.2. The van der Waals surface area contributed by atoms with Crippen LogP contribution in [0.5, 0.6) is 0 Å². The van der Waals surface area contributed by atoms with Crippen LogP contribution in [-0.2, 0) is 11.8 Å². The fourth-order valence-corrected chi connectivity index (χ4v) is 8.42. The van der Waals surface area contributed by atoms with E-state index in [4.69, 9.17) is 0 Å². The van der Waals surface area contributed by atoms with Crippen LogP contribution >= 0.6 is 0 Å². The topological polar surface area (TPSA) is 4.93 Å². The fraction of sp³-hybridized carbons (Fsp3) is 0.0943. The number of hydrogen-bond acceptors (Lipinski definition) is 0. The van der Waals surface area contributed by atoms with Gasteiger partial charge in [-0.2, -0.15) is 0 Å². The van der Waals surface area contributed by atoms with Gasteiger partial charge in [0.05, 0.1) is 11.0 Å². The highest BCUT2D eigenvalue weighted by Crippen LogP contribution is 2.48. The number of benzene rings is 8. The van der Waals surface area contributed by atoms with E-state index in [1.165, 1.54) is 88.7 Å². The van der Waals surface area contributed by atoms with Gasteiger partial charge in [-0.25, -0.2) is 0 Å². The molecule has 1 aliphatic carbocycles. The normalized spacial score (nSPS) is 12.6. The monoisotopic (exact) mass is 693 g/mol. The predicted octanol–water partition coefficient (Wildman–Crippen LogP) is 14.0. The average Bonchev–Trinajstić information content (AvgIpc) is 3.68. The highest BCUT2D eigenvalue weighted by Gasteiger charge is 2.34. The molecule has 1 heterocycles. The van der Waals surface area contributed by atoms with E-state index in [-0.39, 0.29) is 5.41 Å². The van der Waals surface area contributed by atoms with Crippen molar-refractivity contribution in [3.05, 3.63) is 222 Å². The smallest absolute Gasteiger partial charge is 0.0547 e. The first-order valence-corrected chi connectivity index (χ1v) is 19.0. The SMILES string of the molecule is Cc1ccc2c(c1)C(C)(C)c1ccccc1-2.c1ccc(-c2ccc(Cc3ccc(-c4cccc5c4c4ccccc4n5-c4ccccc4)cc3)cc2)cc1. The van der Waals surface area contributed by atoms with Gasteiger partial charge < -0.3 is 4.57 Å². The quantitative estimate of drug-likeness (QED) is 0.169. The molecule has 1 nitrogen and oxygen atoms in total. The number of nitrogens with zero attached hydrogens (tertiary/aromatic N) is 1. The van der Waals surface area contributed by atoms with Crippen molar-refractivity contribution in [2.24, 2.45) is 0 Å². The Morgan fingerprint density at radius 3 is 1.72 bits per heavy atom. The first-order chi connectivity index (χ1) is 26.5. The van der Waals surface area contributed by atoms with E-state index in [0.717, 1.165) is 6.42 Å². The molecule has 0 spiro atoms. The molecule has 1 aromatic heterocycles. The van der Waals surface area contributed by atoms with Crippen molar-refractivity contribution in [2.45, 2.75) is 32.6 Å². The minimum atomic E-state index is 0.151. The number of para-hydroxylation sites is 2. The van der Waals surface area contributed by atoms with Crippen LogP contribution in [0, 0.1) is 6.92 Å². The third kappa shape index (κ3) is 6.02. The summed E-state index contributed by atoms with van der Waals surface area (Å²) in [4.78, 5) is 0. The van der Waals surface area contributed by atoms with Gasteiger partial charge in [-0.15, -0.1) is 0 Å². The van der Waals surface area contributed by atoms with Gasteiger partial charge in [0.1, 0.15) is 0 Å². The molecule has 10 rings (SSSR count). The zero-order chi connectivity index (χ0) is 36.6. The van der Waals surface area contributed by atoms with Crippen LogP contribution in [0.2, 0.25) is 0 Å². The van der Waals surface area contributed by atoms with E-state index in [2.05, 4.69) is 219 Å². The number of aromatic nitrogens is 1. The number of hydrogen-bond donors (Lipinski definition) is 0. The summed E-state index contributed by atoms with van der Waals surface area (Å²) in [5.74, 6) is 0. The van der Waals surface area contributed by atoms with Crippen molar-refractivity contribution in [2.75, 3.05) is 0 Å². The Morgan fingerprint density at radius 2 is 0.981 bits per heavy atom. The predicted molar refractivity (Wildman–Crippen MR) is 230 cm³/mol. The Hall–Kier alpha value is -6.44. The van der Waals surface area contributed by atoms with Crippen LogP contribution in [-0.4, -0.2) is 4.57 Å². The summed E-state index contributed by atoms with van der Waals surface area (Å²) in [5.41, 5.74) is 18.6. The molecule has 54 heavy (non-hydrogen) atoms. The van der Waals surface area contributed by atoms with E-state index < -0.39 is 0 Å². The zero-order valence-corrected chi connectivity index (χ0v) is 31.1. The molecule has 0 saturated heterocycles. The molecular weight excluding hydrogens is 651 g/mol. The molecule has 0 fully saturated rings. The van der Waals surface area contributed by atoms with Crippen LogP contribution in [0.25, 0.3) is 60.9 Å². The Labute approximate surface area is 318 Å². The van der Waals surface area contributed by atoms with Crippen LogP contribution in [0.1, 0.15) is 41.7 Å². The van der Waals surface area contributed by atoms with Gasteiger partial charge in [0.15, 0.2) is 0 Å². The first kappa shape index (κ1) is 33.4. The van der Waals surface area contributed by atoms with E-state index in [1.54, 1.807) is 0 Å². The molecule has 8 aromatic carbocycles. The minimum Gasteiger partial charge on any atom is -0.309 e. The second-order valence-electron chi connectivity index (χ2n) is 15.0. The molecule has 9 aromatic rings. The maximum Gasteiger partial charge on any atom is 0.0547 e. The van der Waals surface area contributed by atoms with Crippen molar-refractivity contribution in [1.82, 2.24) is 4.57 Å². The number of aryl methyl sites for hydroxylation is 1. The van der Waals surface area contributed by atoms with Gasteiger partial charge in [0, 0.05) is 21.9 Å². The van der Waals surface area contributed by atoms with Gasteiger partial charge in [-0.05, 0) is 93.2 Å². The maximum atomic E-state index is 2.38. The summed E-state index contributed by atoms with van der Waals surface area (Å²) >= 11 is 0. The van der Waals surface area contributed by atoms with Gasteiger partial charge >= 0.3 is 0 Å². The molecule has 0 atom stereocenters. The van der Waals surface area contributed by atoms with Crippen LogP contribution in [0.15, 0.2) is 194 Å². The summed E-state index contributed by atoms with van der Waals surface area (Å²) in [7, 11) is 0. The largest absolute Gasteiger partial charge is 0.309 e. The Bertz CT molecular complexity index is 2730. The second-order valence-corrected chi connectivity index (χ2v) is 15.0. The fourth-order valence-electron chi connectivity index (χ4n) is 8.42. The molecule has 0 unspecified atom stereocenters. The summed E-state index contributed by atoms with van der Waals surface area (Å²) in [6.45, 7) is 6.80. The molecule has 260 valence electrons. The second kappa shape index (κ2) is 13.8. The Morgan fingerprint density at radius 1 is 0.426 bits per heavy atom. The first-order valence-electron chi connectivity index (χ1n) is 19.0. The maximum absolute atomic E-state index is 2.38. The van der Waals surface area contributed by atoms with E-state index >= 15 is 0 Å². The Kier molecular flexibility index (Phi) is 8.56. The molecule has 0 amide bonds. The van der Waals surface area contributed by atoms with Crippen LogP contribution in [0.3, 0.4) is 0 Å². The molecule has 1 aliphatic rings. The minimum absolute atomic E-state index is 0.151. The summed E-state index contributed by atoms with van der Waals surface area (Å²) in [6, 6.07) is 70.2. The molecule has 0 N–H and O–H groups in total. The zero-order valence-electron chi connectivity index (χ0n) is 31.1. The third-order valence-electron chi connectivity index (χ3n) is 11.2. The number of fused-ring (bicyclic) bond motifs is 6. The summed E-state index contributed by atoms with van der Waals surface area (Å²) in [6.07, 6.45) is 0.923. The van der Waals surface area contributed by atoms with Crippen LogP contribution in [0.4, 0.5) is 0 Å². The van der Waals surface area contributed by atoms with Crippen molar-refractivity contribution in [1.29, 1.82) is 0 Å². The van der Waals surface area contributed by atoms with Gasteiger partial charge in [0.25, 0.3) is 0 Å². The standard InChI is InChI=1S/C37H27N.C16H16/c1-3-10-29(11-4-1)30-22-18-27(19-23-30)26-28-20-24-31(25-21-28)33-15-9-17-36-37(33)34-14-7-8-16-35(34)38(36)32-12-5-2-6-13-32;1-11-8-9-13-12-6-4-5-7-14(12)16(2,3)15(13)10-11/h1-25H,26H2;4-10H,1-3H3. The molecule has 0 aliphatic heterocycles. The highest BCUT2D eigenvalue weighted by molar-refractivity contribution is 6.15. The molecular formula is C53H43N. The van der Waals surface area contributed by atoms with E-state index in [9.17, 15) is 0 Å². The van der Waals surface area contributed by atoms with E-state index in [0.29, 0.717) is 0 Å². The van der Waals surface area contributed by atoms with Gasteiger partial charge in [-0.1, -0.05) is 189 Å². The molecule has 0 bridgehead atoms. The number of rotatable bonds is 5. The summed E-state index contributed by atoms with van der Waals surface area (Å²) < 4.78 is 2.38. The highest BCUT2D eigenvalue weighted by atomic mass is 15.0. The van der Waals surface area contributed by atoms with Gasteiger partial charge in [-0.3, -0.25) is 0 Å². The lowest BCUT2D eigenvalue weighted by atomic mass is 9.82. The molecule has 0 radical (unpaired) electrons. The van der Waals surface area contributed by atoms with Crippen LogP contribution < -0.4 is 0 Å². The van der Waals surface area contributed by atoms with Crippen molar-refractivity contribution in [3.63, 3.8) is 0 Å². The van der Waals surface area contributed by atoms with Gasteiger partial charge in [0.2, 0.25) is 0 Å². The lowest BCUT2D eigenvalue weighted by Gasteiger charge is -2.21. The van der Waals surface area contributed by atoms with Crippen molar-refractivity contribution >= 4 is 21.8 Å². The lowest BCUT2D eigenvalue weighted by Crippen LogP contribution is -2.14. The lowest BCUT2D eigenvalue weighted by molar-refractivity contribution is 0.660. The molecule has 1 heteroatoms. The average molecular weight is 694 g/mol. The van der Waals surface area contributed by atoms with Crippen molar-refractivity contribution < 1.29 is 0 Å². The van der Waals surface area contributed by atoms with Crippen molar-refractivity contribution in [3.8, 4) is 39.1 Å². The molecule has 0 saturated carbocycles. The summed E-state index contributed by atoms with van der Waals surface area (Å²) in [5, 5.41) is 2.58. The Balaban J connectivity index is 0.000000200. The van der Waals surface area contributed by atoms with E-state index in [1.807, 2.05) is 0 Å².